The summed E-state index contributed by atoms with van der Waals surface area (Å²) in [5.41, 5.74) is 17.8. The number of aliphatic imine (C=N–C) groups is 1. The molecular weight excluding hydrogens is 793 g/mol. The third-order valence-electron chi connectivity index (χ3n) is 13.0. The second kappa shape index (κ2) is 15.0. The van der Waals surface area contributed by atoms with Gasteiger partial charge < -0.3 is 8.98 Å². The fourth-order valence-corrected chi connectivity index (χ4v) is 9.77. The lowest BCUT2D eigenvalue weighted by Crippen LogP contribution is -2.11. The van der Waals surface area contributed by atoms with E-state index in [1.807, 2.05) is 12.1 Å². The normalized spacial score (nSPS) is 13.5. The third-order valence-corrected chi connectivity index (χ3v) is 13.0. The molecule has 4 heterocycles. The first-order valence-electron chi connectivity index (χ1n) is 22.0. The lowest BCUT2D eigenvalue weighted by molar-refractivity contribution is 0.669. The molecule has 0 N–H and O–H groups in total. The van der Waals surface area contributed by atoms with Gasteiger partial charge in [-0.1, -0.05) is 170 Å². The van der Waals surface area contributed by atoms with Crippen molar-refractivity contribution in [1.82, 2.24) is 14.5 Å². The largest absolute Gasteiger partial charge is 0.456 e. The summed E-state index contributed by atoms with van der Waals surface area (Å²) >= 11 is 0. The molecule has 0 bridgehead atoms. The minimum Gasteiger partial charge on any atom is -0.456 e. The van der Waals surface area contributed by atoms with Gasteiger partial charge in [-0.25, -0.2) is 9.97 Å². The van der Waals surface area contributed by atoms with Crippen LogP contribution in [0.4, 0.5) is 5.69 Å². The van der Waals surface area contributed by atoms with Crippen LogP contribution in [0.1, 0.15) is 22.6 Å². The molecule has 65 heavy (non-hydrogen) atoms. The number of hydrogen-bond donors (Lipinski definition) is 0. The Morgan fingerprint density at radius 2 is 0.938 bits per heavy atom. The fraction of sp³-hybridized carbons (Fsp3) is 0.0167. The van der Waals surface area contributed by atoms with E-state index < -0.39 is 0 Å². The zero-order valence-corrected chi connectivity index (χ0v) is 35.1. The summed E-state index contributed by atoms with van der Waals surface area (Å²) in [5, 5.41) is 4.72. The summed E-state index contributed by atoms with van der Waals surface area (Å²) in [4.78, 5) is 15.7. The van der Waals surface area contributed by atoms with E-state index in [2.05, 4.69) is 217 Å². The molecular formula is C60H38N4O. The smallest absolute Gasteiger partial charge is 0.160 e. The second-order valence-electron chi connectivity index (χ2n) is 16.7. The molecule has 1 atom stereocenters. The van der Waals surface area contributed by atoms with Gasteiger partial charge in [0.25, 0.3) is 0 Å². The summed E-state index contributed by atoms with van der Waals surface area (Å²) in [6, 6.07) is 79.2. The highest BCUT2D eigenvalue weighted by Gasteiger charge is 2.29. The van der Waals surface area contributed by atoms with Gasteiger partial charge in [-0.05, 0) is 82.4 Å². The van der Waals surface area contributed by atoms with Crippen molar-refractivity contribution in [2.75, 3.05) is 0 Å². The summed E-state index contributed by atoms with van der Waals surface area (Å²) in [6.07, 6.45) is 0. The Hall–Kier alpha value is -8.67. The van der Waals surface area contributed by atoms with E-state index in [0.717, 1.165) is 83.8 Å². The van der Waals surface area contributed by atoms with Crippen LogP contribution in [0.3, 0.4) is 0 Å². The Morgan fingerprint density at radius 3 is 1.66 bits per heavy atom. The van der Waals surface area contributed by atoms with Crippen LogP contribution in [0.15, 0.2) is 234 Å². The topological polar surface area (TPSA) is 56.2 Å². The highest BCUT2D eigenvalue weighted by Crippen LogP contribution is 2.42. The van der Waals surface area contributed by atoms with Gasteiger partial charge in [-0.15, -0.1) is 0 Å². The molecule has 0 amide bonds. The monoisotopic (exact) mass is 830 g/mol. The molecule has 0 saturated heterocycles. The number of aromatic nitrogens is 3. The van der Waals surface area contributed by atoms with E-state index in [0.29, 0.717) is 5.82 Å². The first kappa shape index (κ1) is 36.9. The third kappa shape index (κ3) is 6.28. The number of rotatable bonds is 7. The van der Waals surface area contributed by atoms with E-state index >= 15 is 0 Å². The Kier molecular flexibility index (Phi) is 8.53. The molecule has 1 aliphatic heterocycles. The number of nitrogens with zero attached hydrogens (tertiary/aromatic N) is 4. The van der Waals surface area contributed by atoms with Crippen LogP contribution in [-0.2, 0) is 0 Å². The number of furan rings is 1. The van der Waals surface area contributed by atoms with Gasteiger partial charge in [-0.2, -0.15) is 0 Å². The second-order valence-corrected chi connectivity index (χ2v) is 16.7. The molecule has 5 nitrogen and oxygen atoms in total. The van der Waals surface area contributed by atoms with Crippen LogP contribution >= 0.6 is 0 Å². The van der Waals surface area contributed by atoms with Gasteiger partial charge in [0.2, 0.25) is 0 Å². The minimum absolute atomic E-state index is 0.0185. The van der Waals surface area contributed by atoms with Crippen molar-refractivity contribution < 1.29 is 4.42 Å². The zero-order valence-electron chi connectivity index (χ0n) is 35.1. The Bertz CT molecular complexity index is 3750. The van der Waals surface area contributed by atoms with Crippen molar-refractivity contribution in [3.05, 3.63) is 241 Å². The van der Waals surface area contributed by atoms with Crippen molar-refractivity contribution >= 4 is 55.1 Å². The minimum atomic E-state index is 0.0185. The molecule has 0 radical (unpaired) electrons. The van der Waals surface area contributed by atoms with Crippen molar-refractivity contribution in [3.63, 3.8) is 0 Å². The van der Waals surface area contributed by atoms with Crippen LogP contribution in [0.5, 0.6) is 0 Å². The molecule has 1 unspecified atom stereocenters. The number of fused-ring (bicyclic) bond motifs is 7. The van der Waals surface area contributed by atoms with Crippen LogP contribution in [-0.4, -0.2) is 20.2 Å². The van der Waals surface area contributed by atoms with Crippen molar-refractivity contribution in [3.8, 4) is 50.7 Å². The zero-order chi connectivity index (χ0) is 42.8. The van der Waals surface area contributed by atoms with E-state index in [4.69, 9.17) is 19.4 Å². The average Bonchev–Trinajstić information content (AvgIpc) is 4.07. The van der Waals surface area contributed by atoms with Gasteiger partial charge in [0, 0.05) is 43.9 Å². The van der Waals surface area contributed by atoms with Crippen LogP contribution in [0, 0.1) is 0 Å². The Labute approximate surface area is 375 Å². The molecule has 0 aliphatic carbocycles. The lowest BCUT2D eigenvalue weighted by atomic mass is 9.85. The maximum atomic E-state index is 6.12. The first-order chi connectivity index (χ1) is 32.2. The molecule has 3 aromatic heterocycles. The molecule has 5 heteroatoms. The summed E-state index contributed by atoms with van der Waals surface area (Å²) in [6.45, 7) is 0. The van der Waals surface area contributed by atoms with Gasteiger partial charge in [0.05, 0.1) is 39.7 Å². The SMILES string of the molecule is c1ccc(C2=Nc3ccccc3C2c2ccc(-c3nc(-c4ccc(-c5ccc6oc7ccccc7c6c5)cc4)cc(-c4ccc(-n5c6ccccc6c6ccccc65)cc4)n3)cc2)cc1. The number of para-hydroxylation sites is 4. The average molecular weight is 831 g/mol. The van der Waals surface area contributed by atoms with Gasteiger partial charge in [0.15, 0.2) is 5.82 Å². The molecule has 0 fully saturated rings. The van der Waals surface area contributed by atoms with Crippen LogP contribution < -0.4 is 0 Å². The molecule has 0 saturated carbocycles. The first-order valence-corrected chi connectivity index (χ1v) is 22.0. The summed E-state index contributed by atoms with van der Waals surface area (Å²) in [5.74, 6) is 0.686. The van der Waals surface area contributed by atoms with Crippen molar-refractivity contribution in [2.24, 2.45) is 4.99 Å². The van der Waals surface area contributed by atoms with E-state index in [1.54, 1.807) is 0 Å². The molecule has 9 aromatic carbocycles. The predicted octanol–water partition coefficient (Wildman–Crippen LogP) is 15.4. The van der Waals surface area contributed by atoms with Crippen molar-refractivity contribution in [2.45, 2.75) is 5.92 Å². The van der Waals surface area contributed by atoms with Crippen LogP contribution in [0.2, 0.25) is 0 Å². The van der Waals surface area contributed by atoms with E-state index in [9.17, 15) is 0 Å². The highest BCUT2D eigenvalue weighted by atomic mass is 16.3. The number of benzene rings is 9. The summed E-state index contributed by atoms with van der Waals surface area (Å²) in [7, 11) is 0. The standard InChI is InChI=1S/C60H38N4O/c1-2-12-42(13-3-1)59-58(49-17-4-8-18-51(49)61-59)41-26-28-43(29-27-41)60-62-52(39-24-22-38(23-25-39)44-32-35-57-50(36-44)48-16-7-11-21-56(48)65-57)37-53(63-60)40-30-33-45(34-31-40)64-54-19-9-5-14-46(54)47-15-6-10-20-55(47)64/h1-37,58H. The number of hydrogen-bond acceptors (Lipinski definition) is 4. The predicted molar refractivity (Wildman–Crippen MR) is 266 cm³/mol. The molecule has 1 aliphatic rings. The van der Waals surface area contributed by atoms with Crippen molar-refractivity contribution in [1.29, 1.82) is 0 Å². The quantitative estimate of drug-likeness (QED) is 0.161. The maximum Gasteiger partial charge on any atom is 0.160 e. The molecule has 13 rings (SSSR count). The molecule has 304 valence electrons. The summed E-state index contributed by atoms with van der Waals surface area (Å²) < 4.78 is 8.47. The maximum absolute atomic E-state index is 6.12. The molecule has 12 aromatic rings. The van der Waals surface area contributed by atoms with Crippen LogP contribution in [0.25, 0.3) is 94.5 Å². The Balaban J connectivity index is 0.897. The van der Waals surface area contributed by atoms with E-state index in [-0.39, 0.29) is 5.92 Å². The van der Waals surface area contributed by atoms with E-state index in [1.165, 1.54) is 32.9 Å². The van der Waals surface area contributed by atoms with Gasteiger partial charge in [0.1, 0.15) is 11.2 Å². The van der Waals surface area contributed by atoms with Gasteiger partial charge in [-0.3, -0.25) is 4.99 Å². The Morgan fingerprint density at radius 1 is 0.385 bits per heavy atom. The highest BCUT2D eigenvalue weighted by molar-refractivity contribution is 6.12. The fourth-order valence-electron chi connectivity index (χ4n) is 9.77. The molecule has 0 spiro atoms. The lowest BCUT2D eigenvalue weighted by Gasteiger charge is -2.16. The van der Waals surface area contributed by atoms with Gasteiger partial charge >= 0.3 is 0 Å².